The maximum atomic E-state index is 10.6. The first-order chi connectivity index (χ1) is 6.61. The van der Waals surface area contributed by atoms with Gasteiger partial charge in [-0.1, -0.05) is 23.6 Å². The molecule has 0 saturated carbocycles. The first-order valence-electron chi connectivity index (χ1n) is 4.01. The van der Waals surface area contributed by atoms with Crippen molar-refractivity contribution in [3.63, 3.8) is 0 Å². The van der Waals surface area contributed by atoms with Gasteiger partial charge in [0.25, 0.3) is 0 Å². The molecule has 0 aromatic carbocycles. The van der Waals surface area contributed by atoms with E-state index in [9.17, 15) is 4.79 Å². The lowest BCUT2D eigenvalue weighted by Gasteiger charge is -1.91. The third kappa shape index (κ3) is 2.82. The van der Waals surface area contributed by atoms with Gasteiger partial charge in [-0.2, -0.15) is 5.10 Å². The van der Waals surface area contributed by atoms with E-state index in [1.54, 1.807) is 17.9 Å². The molecule has 0 aliphatic rings. The highest BCUT2D eigenvalue weighted by Gasteiger charge is 1.99. The van der Waals surface area contributed by atoms with Gasteiger partial charge in [0.1, 0.15) is 5.82 Å². The molecule has 0 bridgehead atoms. The number of carbonyl (C=O) groups is 1. The molecule has 2 N–H and O–H groups in total. The molecule has 0 aliphatic heterocycles. The topological polar surface area (TPSA) is 60.9 Å². The second kappa shape index (κ2) is 4.72. The first kappa shape index (κ1) is 10.7. The Bertz CT molecular complexity index is 400. The van der Waals surface area contributed by atoms with Gasteiger partial charge in [0.2, 0.25) is 0 Å². The zero-order valence-corrected chi connectivity index (χ0v) is 8.89. The Morgan fingerprint density at radius 2 is 2.50 bits per heavy atom. The minimum absolute atomic E-state index is 0.0680. The minimum Gasteiger partial charge on any atom is -0.383 e. The normalized spacial score (nSPS) is 9.29. The molecule has 0 atom stereocenters. The van der Waals surface area contributed by atoms with Crippen molar-refractivity contribution in [3.8, 4) is 11.8 Å². The number of aryl methyl sites for hydroxylation is 1. The highest BCUT2D eigenvalue weighted by Crippen LogP contribution is 2.07. The summed E-state index contributed by atoms with van der Waals surface area (Å²) in [7, 11) is 1.75. The van der Waals surface area contributed by atoms with Crippen molar-refractivity contribution < 1.29 is 4.79 Å². The maximum absolute atomic E-state index is 10.6. The second-order valence-electron chi connectivity index (χ2n) is 2.65. The molecule has 1 aromatic heterocycles. The van der Waals surface area contributed by atoms with E-state index in [-0.39, 0.29) is 5.12 Å². The molecule has 0 saturated heterocycles. The Hall–Kier alpha value is -1.41. The Morgan fingerprint density at radius 1 is 1.79 bits per heavy atom. The molecule has 1 rings (SSSR count). The summed E-state index contributed by atoms with van der Waals surface area (Å²) in [4.78, 5) is 10.6. The van der Waals surface area contributed by atoms with Crippen molar-refractivity contribution in [2.24, 2.45) is 7.05 Å². The summed E-state index contributed by atoms with van der Waals surface area (Å²) in [5.74, 6) is 6.74. The molecule has 0 unspecified atom stereocenters. The van der Waals surface area contributed by atoms with Gasteiger partial charge in [0.05, 0.1) is 17.5 Å². The van der Waals surface area contributed by atoms with Gasteiger partial charge in [-0.15, -0.1) is 0 Å². The summed E-state index contributed by atoms with van der Waals surface area (Å²) in [6.07, 6.45) is 1.61. The van der Waals surface area contributed by atoms with Crippen LogP contribution in [-0.2, 0) is 11.8 Å². The Morgan fingerprint density at radius 3 is 3.00 bits per heavy atom. The van der Waals surface area contributed by atoms with Crippen LogP contribution in [0.2, 0.25) is 0 Å². The Labute approximate surface area is 86.9 Å². The number of anilines is 1. The predicted octanol–water partition coefficient (Wildman–Crippen LogP) is 0.634. The lowest BCUT2D eigenvalue weighted by molar-refractivity contribution is -0.109. The Balaban J connectivity index is 2.59. The molecule has 14 heavy (non-hydrogen) atoms. The number of thioether (sulfide) groups is 1. The van der Waals surface area contributed by atoms with Gasteiger partial charge < -0.3 is 5.73 Å². The lowest BCUT2D eigenvalue weighted by atomic mass is 10.3. The number of nitrogens with two attached hydrogens (primary N) is 1. The van der Waals surface area contributed by atoms with E-state index >= 15 is 0 Å². The van der Waals surface area contributed by atoms with Crippen molar-refractivity contribution in [2.75, 3.05) is 11.5 Å². The van der Waals surface area contributed by atoms with Crippen molar-refractivity contribution in [1.82, 2.24) is 9.78 Å². The van der Waals surface area contributed by atoms with Crippen molar-refractivity contribution in [2.45, 2.75) is 6.92 Å². The van der Waals surface area contributed by atoms with Crippen molar-refractivity contribution >= 4 is 22.7 Å². The van der Waals surface area contributed by atoms with Crippen molar-refractivity contribution in [3.05, 3.63) is 11.8 Å². The molecule has 4 nitrogen and oxygen atoms in total. The first-order valence-corrected chi connectivity index (χ1v) is 4.99. The number of rotatable bonds is 1. The van der Waals surface area contributed by atoms with Crippen LogP contribution in [0.1, 0.15) is 12.5 Å². The summed E-state index contributed by atoms with van der Waals surface area (Å²) in [6.45, 7) is 1.52. The van der Waals surface area contributed by atoms with Crippen LogP contribution in [-0.4, -0.2) is 20.6 Å². The quantitative estimate of drug-likeness (QED) is 0.689. The molecule has 0 spiro atoms. The molecule has 0 aliphatic carbocycles. The monoisotopic (exact) mass is 209 g/mol. The molecule has 74 valence electrons. The molecular weight excluding hydrogens is 198 g/mol. The molecular formula is C9H11N3OS. The fraction of sp³-hybridized carbons (Fsp3) is 0.333. The van der Waals surface area contributed by atoms with Crippen LogP contribution in [0.5, 0.6) is 0 Å². The number of nitrogen functional groups attached to an aromatic ring is 1. The number of aromatic nitrogens is 2. The van der Waals surface area contributed by atoms with E-state index in [0.717, 1.165) is 0 Å². The smallest absolute Gasteiger partial charge is 0.186 e. The van der Waals surface area contributed by atoms with Gasteiger partial charge in [-0.25, -0.2) is 0 Å². The number of hydrogen-bond donors (Lipinski definition) is 1. The zero-order chi connectivity index (χ0) is 10.6. The molecule has 0 radical (unpaired) electrons. The van der Waals surface area contributed by atoms with Crippen LogP contribution in [0, 0.1) is 11.8 Å². The van der Waals surface area contributed by atoms with Gasteiger partial charge in [-0.3, -0.25) is 9.48 Å². The largest absolute Gasteiger partial charge is 0.383 e. The molecule has 1 aromatic rings. The van der Waals surface area contributed by atoms with Gasteiger partial charge in [0.15, 0.2) is 5.12 Å². The third-order valence-corrected chi connectivity index (χ3v) is 2.25. The van der Waals surface area contributed by atoms with E-state index in [4.69, 9.17) is 5.73 Å². The predicted molar refractivity (Wildman–Crippen MR) is 57.6 cm³/mol. The van der Waals surface area contributed by atoms with Crippen LogP contribution in [0.25, 0.3) is 0 Å². The standard InChI is InChI=1S/C9H11N3OS/c1-7(13)14-5-3-4-8-6-11-12(2)9(8)10/h6H,5,10H2,1-2H3. The average Bonchev–Trinajstić information content (AvgIpc) is 2.43. The molecule has 0 fully saturated rings. The number of carbonyl (C=O) groups excluding carboxylic acids is 1. The lowest BCUT2D eigenvalue weighted by Crippen LogP contribution is -1.98. The van der Waals surface area contributed by atoms with Gasteiger partial charge in [-0.05, 0) is 0 Å². The third-order valence-electron chi connectivity index (χ3n) is 1.56. The SMILES string of the molecule is CC(=O)SCC#Cc1cnn(C)c1N. The highest BCUT2D eigenvalue weighted by atomic mass is 32.2. The van der Waals surface area contributed by atoms with Crippen LogP contribution in [0.15, 0.2) is 6.20 Å². The summed E-state index contributed by atoms with van der Waals surface area (Å²) in [6, 6.07) is 0. The summed E-state index contributed by atoms with van der Waals surface area (Å²) in [5.41, 5.74) is 6.37. The number of nitrogens with zero attached hydrogens (tertiary/aromatic N) is 2. The number of hydrogen-bond acceptors (Lipinski definition) is 4. The van der Waals surface area contributed by atoms with E-state index < -0.39 is 0 Å². The van der Waals surface area contributed by atoms with E-state index in [0.29, 0.717) is 17.1 Å². The van der Waals surface area contributed by atoms with Gasteiger partial charge >= 0.3 is 0 Å². The van der Waals surface area contributed by atoms with E-state index in [1.165, 1.54) is 18.7 Å². The van der Waals surface area contributed by atoms with Crippen LogP contribution >= 0.6 is 11.8 Å². The zero-order valence-electron chi connectivity index (χ0n) is 8.07. The fourth-order valence-electron chi connectivity index (χ4n) is 0.812. The van der Waals surface area contributed by atoms with Crippen LogP contribution < -0.4 is 5.73 Å². The second-order valence-corrected chi connectivity index (χ2v) is 3.80. The summed E-state index contributed by atoms with van der Waals surface area (Å²) < 4.78 is 1.56. The van der Waals surface area contributed by atoms with Crippen LogP contribution in [0.4, 0.5) is 5.82 Å². The van der Waals surface area contributed by atoms with E-state index in [2.05, 4.69) is 16.9 Å². The fourth-order valence-corrected chi connectivity index (χ4v) is 1.16. The maximum Gasteiger partial charge on any atom is 0.186 e. The highest BCUT2D eigenvalue weighted by molar-refractivity contribution is 8.13. The van der Waals surface area contributed by atoms with Crippen molar-refractivity contribution in [1.29, 1.82) is 0 Å². The summed E-state index contributed by atoms with van der Waals surface area (Å²) in [5, 5.41) is 4.01. The molecule has 5 heteroatoms. The average molecular weight is 209 g/mol. The molecule has 0 amide bonds. The minimum atomic E-state index is 0.0680. The van der Waals surface area contributed by atoms with E-state index in [1.807, 2.05) is 0 Å². The summed E-state index contributed by atoms with van der Waals surface area (Å²) >= 11 is 1.18. The van der Waals surface area contributed by atoms with Gasteiger partial charge in [0, 0.05) is 14.0 Å². The Kier molecular flexibility index (Phi) is 3.60. The molecule has 1 heterocycles. The van der Waals surface area contributed by atoms with Crippen LogP contribution in [0.3, 0.4) is 0 Å².